The van der Waals surface area contributed by atoms with Crippen LogP contribution in [0.3, 0.4) is 0 Å². The smallest absolute Gasteiger partial charge is 0.193 e. The lowest BCUT2D eigenvalue weighted by Crippen LogP contribution is -2.40. The number of benzene rings is 1. The Morgan fingerprint density at radius 2 is 2.12 bits per heavy atom. The summed E-state index contributed by atoms with van der Waals surface area (Å²) >= 11 is 0. The zero-order valence-corrected chi connectivity index (χ0v) is 18.0. The van der Waals surface area contributed by atoms with Crippen molar-refractivity contribution >= 4 is 41.0 Å². The molecule has 0 aliphatic carbocycles. The summed E-state index contributed by atoms with van der Waals surface area (Å²) in [6.07, 6.45) is 4.42. The molecule has 7 heteroatoms. The molecular formula is C19H30IN5O. The lowest BCUT2D eigenvalue weighted by Gasteiger charge is -2.26. The predicted octanol–water partition coefficient (Wildman–Crippen LogP) is 3.05. The number of aromatic amines is 1. The number of H-pyrrole nitrogens is 1. The van der Waals surface area contributed by atoms with E-state index in [1.54, 1.807) is 0 Å². The van der Waals surface area contributed by atoms with Gasteiger partial charge in [-0.25, -0.2) is 4.98 Å². The number of nitrogens with zero attached hydrogens (tertiary/aromatic N) is 3. The van der Waals surface area contributed by atoms with E-state index in [9.17, 15) is 0 Å². The van der Waals surface area contributed by atoms with Gasteiger partial charge in [0, 0.05) is 46.8 Å². The van der Waals surface area contributed by atoms with Gasteiger partial charge in [0.15, 0.2) is 5.96 Å². The number of rotatable bonds is 6. The van der Waals surface area contributed by atoms with Crippen LogP contribution in [0, 0.1) is 5.92 Å². The Labute approximate surface area is 172 Å². The first-order valence-electron chi connectivity index (χ1n) is 9.19. The number of aromatic nitrogens is 2. The van der Waals surface area contributed by atoms with E-state index in [0.717, 1.165) is 61.5 Å². The maximum absolute atomic E-state index is 5.43. The van der Waals surface area contributed by atoms with Crippen molar-refractivity contribution in [2.75, 3.05) is 40.4 Å². The largest absolute Gasteiger partial charge is 0.381 e. The summed E-state index contributed by atoms with van der Waals surface area (Å²) in [5, 5.41) is 3.44. The zero-order valence-electron chi connectivity index (χ0n) is 15.7. The second kappa shape index (κ2) is 10.7. The Morgan fingerprint density at radius 1 is 1.35 bits per heavy atom. The third-order valence-electron chi connectivity index (χ3n) is 4.87. The molecule has 1 saturated heterocycles. The number of imidazole rings is 1. The first-order chi connectivity index (χ1) is 12.3. The van der Waals surface area contributed by atoms with E-state index >= 15 is 0 Å². The maximum Gasteiger partial charge on any atom is 0.193 e. The van der Waals surface area contributed by atoms with E-state index in [1.807, 2.05) is 25.2 Å². The van der Waals surface area contributed by atoms with E-state index in [-0.39, 0.29) is 24.0 Å². The molecule has 3 rings (SSSR count). The molecule has 1 aliphatic heterocycles. The average molecular weight is 471 g/mol. The van der Waals surface area contributed by atoms with Crippen LogP contribution in [0.15, 0.2) is 29.3 Å². The molecule has 1 aliphatic rings. The van der Waals surface area contributed by atoms with Gasteiger partial charge in [0.25, 0.3) is 0 Å². The van der Waals surface area contributed by atoms with Gasteiger partial charge >= 0.3 is 0 Å². The van der Waals surface area contributed by atoms with Crippen LogP contribution in [0.4, 0.5) is 0 Å². The molecule has 0 amide bonds. The monoisotopic (exact) mass is 471 g/mol. The van der Waals surface area contributed by atoms with Gasteiger partial charge in [0.05, 0.1) is 11.0 Å². The Kier molecular flexibility index (Phi) is 8.64. The van der Waals surface area contributed by atoms with E-state index in [0.29, 0.717) is 0 Å². The van der Waals surface area contributed by atoms with Crippen LogP contribution in [0.2, 0.25) is 0 Å². The summed E-state index contributed by atoms with van der Waals surface area (Å²) < 4.78 is 5.43. The van der Waals surface area contributed by atoms with Crippen molar-refractivity contribution in [1.29, 1.82) is 0 Å². The summed E-state index contributed by atoms with van der Waals surface area (Å²) in [5.41, 5.74) is 2.12. The van der Waals surface area contributed by atoms with Crippen molar-refractivity contribution in [1.82, 2.24) is 20.2 Å². The van der Waals surface area contributed by atoms with E-state index in [1.165, 1.54) is 19.3 Å². The molecule has 2 heterocycles. The van der Waals surface area contributed by atoms with E-state index < -0.39 is 0 Å². The molecule has 26 heavy (non-hydrogen) atoms. The number of guanidine groups is 1. The lowest BCUT2D eigenvalue weighted by atomic mass is 9.96. The molecule has 2 N–H and O–H groups in total. The van der Waals surface area contributed by atoms with Gasteiger partial charge in [-0.15, -0.1) is 24.0 Å². The fourth-order valence-electron chi connectivity index (χ4n) is 3.32. The minimum atomic E-state index is 0. The van der Waals surface area contributed by atoms with E-state index in [2.05, 4.69) is 38.3 Å². The summed E-state index contributed by atoms with van der Waals surface area (Å²) in [7, 11) is 3.95. The van der Waals surface area contributed by atoms with Crippen molar-refractivity contribution in [2.24, 2.45) is 10.9 Å². The summed E-state index contributed by atoms with van der Waals surface area (Å²) in [6, 6.07) is 8.13. The van der Waals surface area contributed by atoms with Gasteiger partial charge in [0.1, 0.15) is 5.82 Å². The number of fused-ring (bicyclic) bond motifs is 1. The molecule has 1 aromatic carbocycles. The van der Waals surface area contributed by atoms with E-state index in [4.69, 9.17) is 4.74 Å². The zero-order chi connectivity index (χ0) is 17.5. The van der Waals surface area contributed by atoms with Crippen molar-refractivity contribution in [3.63, 3.8) is 0 Å². The third-order valence-corrected chi connectivity index (χ3v) is 4.87. The number of hydrogen-bond donors (Lipinski definition) is 2. The first kappa shape index (κ1) is 21.0. The molecule has 1 fully saturated rings. The number of hydrogen-bond acceptors (Lipinski definition) is 3. The Hall–Kier alpha value is -1.35. The van der Waals surface area contributed by atoms with Gasteiger partial charge in [-0.05, 0) is 37.3 Å². The van der Waals surface area contributed by atoms with Crippen LogP contribution < -0.4 is 5.32 Å². The highest BCUT2D eigenvalue weighted by atomic mass is 127. The minimum Gasteiger partial charge on any atom is -0.381 e. The maximum atomic E-state index is 5.43. The summed E-state index contributed by atoms with van der Waals surface area (Å²) in [5.74, 6) is 2.74. The number of ether oxygens (including phenoxy) is 1. The van der Waals surface area contributed by atoms with Crippen LogP contribution >= 0.6 is 24.0 Å². The van der Waals surface area contributed by atoms with Gasteiger partial charge < -0.3 is 19.9 Å². The molecule has 0 unspecified atom stereocenters. The van der Waals surface area contributed by atoms with Crippen LogP contribution in [0.25, 0.3) is 11.0 Å². The summed E-state index contributed by atoms with van der Waals surface area (Å²) in [4.78, 5) is 14.6. The molecule has 144 valence electrons. The predicted molar refractivity (Wildman–Crippen MR) is 117 cm³/mol. The molecule has 0 saturated carbocycles. The number of aliphatic imine (C=N–C) groups is 1. The Bertz CT molecular complexity index is 663. The van der Waals surface area contributed by atoms with Gasteiger partial charge in [-0.3, -0.25) is 4.99 Å². The molecule has 0 atom stereocenters. The second-order valence-electron chi connectivity index (χ2n) is 6.69. The van der Waals surface area contributed by atoms with Crippen LogP contribution in [-0.4, -0.2) is 61.2 Å². The topological polar surface area (TPSA) is 65.5 Å². The SMILES string of the molecule is CN=C(NCCc1nc2ccccc2[nH]1)N(C)CCC1CCOCC1.I. The molecule has 0 bridgehead atoms. The highest BCUT2D eigenvalue weighted by molar-refractivity contribution is 14.0. The van der Waals surface area contributed by atoms with Crippen molar-refractivity contribution < 1.29 is 4.74 Å². The number of nitrogens with one attached hydrogen (secondary N) is 2. The quantitative estimate of drug-likeness (QED) is 0.386. The average Bonchev–Trinajstić information content (AvgIpc) is 3.07. The fourth-order valence-corrected chi connectivity index (χ4v) is 3.32. The molecular weight excluding hydrogens is 441 g/mol. The van der Waals surface area contributed by atoms with Gasteiger partial charge in [-0.2, -0.15) is 0 Å². The fraction of sp³-hybridized carbons (Fsp3) is 0.579. The van der Waals surface area contributed by atoms with Crippen molar-refractivity contribution in [2.45, 2.75) is 25.7 Å². The highest BCUT2D eigenvalue weighted by Gasteiger charge is 2.15. The minimum absolute atomic E-state index is 0. The molecule has 6 nitrogen and oxygen atoms in total. The molecule has 2 aromatic rings. The van der Waals surface area contributed by atoms with Crippen LogP contribution in [-0.2, 0) is 11.2 Å². The van der Waals surface area contributed by atoms with Crippen LogP contribution in [0.1, 0.15) is 25.1 Å². The normalized spacial score (nSPS) is 15.7. The second-order valence-corrected chi connectivity index (χ2v) is 6.69. The molecule has 0 radical (unpaired) electrons. The Morgan fingerprint density at radius 3 is 2.85 bits per heavy atom. The third kappa shape index (κ3) is 5.84. The van der Waals surface area contributed by atoms with Gasteiger partial charge in [0.2, 0.25) is 0 Å². The number of halogens is 1. The van der Waals surface area contributed by atoms with Crippen molar-refractivity contribution in [3.05, 3.63) is 30.1 Å². The lowest BCUT2D eigenvalue weighted by molar-refractivity contribution is 0.0625. The Balaban J connectivity index is 0.00000243. The number of para-hydroxylation sites is 2. The van der Waals surface area contributed by atoms with Crippen LogP contribution in [0.5, 0.6) is 0 Å². The van der Waals surface area contributed by atoms with Gasteiger partial charge in [-0.1, -0.05) is 12.1 Å². The highest BCUT2D eigenvalue weighted by Crippen LogP contribution is 2.18. The standard InChI is InChI=1S/C19H29N5O.HI/c1-20-19(24(2)12-8-15-9-13-25-14-10-15)21-11-7-18-22-16-5-3-4-6-17(16)23-18;/h3-6,15H,7-14H2,1-2H3,(H,20,21)(H,22,23);1H. The molecule has 1 aromatic heterocycles. The summed E-state index contributed by atoms with van der Waals surface area (Å²) in [6.45, 7) is 3.67. The first-order valence-corrected chi connectivity index (χ1v) is 9.19. The van der Waals surface area contributed by atoms with Crippen molar-refractivity contribution in [3.8, 4) is 0 Å². The molecule has 0 spiro atoms.